The molecule has 6 nitrogen and oxygen atoms in total. The Hall–Kier alpha value is -0.980. The zero-order valence-electron chi connectivity index (χ0n) is 6.84. The summed E-state index contributed by atoms with van der Waals surface area (Å²) in [6, 6.07) is 0. The molecule has 2 aromatic heterocycles. The van der Waals surface area contributed by atoms with Crippen LogP contribution in [0, 0.1) is 0 Å². The van der Waals surface area contributed by atoms with E-state index >= 15 is 0 Å². The van der Waals surface area contributed by atoms with E-state index in [4.69, 9.17) is 0 Å². The van der Waals surface area contributed by atoms with E-state index in [1.165, 1.54) is 23.2 Å². The van der Waals surface area contributed by atoms with Crippen molar-refractivity contribution in [1.29, 1.82) is 0 Å². The number of hydrogen-bond donors (Lipinski definition) is 0. The smallest absolute Gasteiger partial charge is 0.545 e. The Morgan fingerprint density at radius 2 is 2.23 bits per heavy atom. The maximum absolute atomic E-state index is 10.4. The Morgan fingerprint density at radius 3 is 2.92 bits per heavy atom. The Labute approximate surface area is 94.9 Å². The van der Waals surface area contributed by atoms with Gasteiger partial charge >= 0.3 is 29.6 Å². The molecule has 0 saturated carbocycles. The number of nitrogens with zero attached hydrogens (tertiary/aromatic N) is 4. The number of carbonyl (C=O) groups is 1. The first kappa shape index (κ1) is 10.1. The van der Waals surface area contributed by atoms with Crippen LogP contribution in [-0.2, 0) is 0 Å². The number of carboxylic acid groups (broad SMARTS) is 1. The fourth-order valence-corrected chi connectivity index (χ4v) is 0.825. The third kappa shape index (κ3) is 1.85. The van der Waals surface area contributed by atoms with E-state index in [1.54, 1.807) is 0 Å². The number of aromatic carboxylic acids is 1. The topological polar surface area (TPSA) is 83.2 Å². The van der Waals surface area contributed by atoms with Gasteiger partial charge in [0.2, 0.25) is 0 Å². The standard InChI is InChI=1S/C6H4N4O2.Na/c11-5(12)4-1-7-6-8-3-9-10(6)2-4;/h1-3H,(H,11,12);/q;+1/p-1. The molecule has 0 radical (unpaired) electrons. The monoisotopic (exact) mass is 186 g/mol. The van der Waals surface area contributed by atoms with E-state index in [1.807, 2.05) is 0 Å². The van der Waals surface area contributed by atoms with Crippen LogP contribution in [0.4, 0.5) is 0 Å². The first-order valence-corrected chi connectivity index (χ1v) is 3.14. The molecule has 2 rings (SSSR count). The van der Waals surface area contributed by atoms with Crippen LogP contribution < -0.4 is 34.7 Å². The largest absolute Gasteiger partial charge is 1.00 e. The molecule has 7 heteroatoms. The van der Waals surface area contributed by atoms with Crippen LogP contribution in [0.15, 0.2) is 18.7 Å². The molecule has 2 aromatic rings. The van der Waals surface area contributed by atoms with Crippen molar-refractivity contribution in [3.8, 4) is 0 Å². The predicted octanol–water partition coefficient (Wildman–Crippen LogP) is -4.51. The van der Waals surface area contributed by atoms with Crippen LogP contribution in [0.25, 0.3) is 5.78 Å². The zero-order valence-corrected chi connectivity index (χ0v) is 8.84. The maximum atomic E-state index is 10.4. The second-order valence-corrected chi connectivity index (χ2v) is 2.13. The normalized spacial score (nSPS) is 9.54. The van der Waals surface area contributed by atoms with E-state index in [9.17, 15) is 9.90 Å². The third-order valence-corrected chi connectivity index (χ3v) is 1.37. The summed E-state index contributed by atoms with van der Waals surface area (Å²) in [4.78, 5) is 17.8. The van der Waals surface area contributed by atoms with Gasteiger partial charge in [0, 0.05) is 18.0 Å². The van der Waals surface area contributed by atoms with E-state index < -0.39 is 5.97 Å². The van der Waals surface area contributed by atoms with Crippen LogP contribution in [0.1, 0.15) is 10.4 Å². The van der Waals surface area contributed by atoms with Crippen LogP contribution in [0.3, 0.4) is 0 Å². The number of aromatic nitrogens is 4. The van der Waals surface area contributed by atoms with Crippen molar-refractivity contribution < 1.29 is 39.5 Å². The van der Waals surface area contributed by atoms with Crippen LogP contribution in [-0.4, -0.2) is 25.6 Å². The van der Waals surface area contributed by atoms with Crippen molar-refractivity contribution in [2.45, 2.75) is 0 Å². The first-order chi connectivity index (χ1) is 5.77. The molecular formula is C6H3N4NaO2. The molecular weight excluding hydrogens is 183 g/mol. The molecule has 0 unspecified atom stereocenters. The summed E-state index contributed by atoms with van der Waals surface area (Å²) in [5, 5.41) is 14.1. The van der Waals surface area contributed by atoms with Crippen molar-refractivity contribution in [3.05, 3.63) is 24.3 Å². The molecule has 13 heavy (non-hydrogen) atoms. The minimum Gasteiger partial charge on any atom is -0.545 e. The van der Waals surface area contributed by atoms with Crippen LogP contribution in [0.2, 0.25) is 0 Å². The maximum Gasteiger partial charge on any atom is 1.00 e. The Kier molecular flexibility index (Phi) is 2.97. The van der Waals surface area contributed by atoms with Gasteiger partial charge in [-0.15, -0.1) is 0 Å². The van der Waals surface area contributed by atoms with Crippen molar-refractivity contribution in [3.63, 3.8) is 0 Å². The van der Waals surface area contributed by atoms with Gasteiger partial charge in [-0.2, -0.15) is 10.1 Å². The molecule has 2 heterocycles. The quantitative estimate of drug-likeness (QED) is 0.419. The number of carbonyl (C=O) groups excluding carboxylic acids is 1. The average Bonchev–Trinajstić information content (AvgIpc) is 2.49. The van der Waals surface area contributed by atoms with Gasteiger partial charge in [0.05, 0.1) is 5.97 Å². The minimum atomic E-state index is -1.28. The molecule has 0 saturated heterocycles. The van der Waals surface area contributed by atoms with Gasteiger partial charge in [0.1, 0.15) is 6.33 Å². The molecule has 0 spiro atoms. The van der Waals surface area contributed by atoms with Gasteiger partial charge in [-0.25, -0.2) is 9.50 Å². The van der Waals surface area contributed by atoms with Crippen molar-refractivity contribution >= 4 is 11.7 Å². The summed E-state index contributed by atoms with van der Waals surface area (Å²) >= 11 is 0. The summed E-state index contributed by atoms with van der Waals surface area (Å²) in [5.41, 5.74) is -0.0204. The molecule has 0 N–H and O–H groups in total. The molecule has 0 atom stereocenters. The van der Waals surface area contributed by atoms with Gasteiger partial charge in [0.25, 0.3) is 5.78 Å². The van der Waals surface area contributed by atoms with E-state index in [0.717, 1.165) is 0 Å². The number of hydrogen-bond acceptors (Lipinski definition) is 5. The SMILES string of the molecule is O=C([O-])c1cnc2ncnn2c1.[Na+]. The summed E-state index contributed by atoms with van der Waals surface area (Å²) in [6.07, 6.45) is 3.77. The first-order valence-electron chi connectivity index (χ1n) is 3.14. The van der Waals surface area contributed by atoms with Crippen LogP contribution >= 0.6 is 0 Å². The summed E-state index contributed by atoms with van der Waals surface area (Å²) in [6.45, 7) is 0. The molecule has 60 valence electrons. The predicted molar refractivity (Wildman–Crippen MR) is 35.1 cm³/mol. The molecule has 0 fully saturated rings. The molecule has 0 aliphatic heterocycles. The average molecular weight is 186 g/mol. The molecule has 0 aromatic carbocycles. The van der Waals surface area contributed by atoms with Gasteiger partial charge in [0.15, 0.2) is 0 Å². The number of fused-ring (bicyclic) bond motifs is 1. The Balaban J connectivity index is 0.000000845. The van der Waals surface area contributed by atoms with Gasteiger partial charge in [-0.1, -0.05) is 0 Å². The summed E-state index contributed by atoms with van der Waals surface area (Å²) in [7, 11) is 0. The van der Waals surface area contributed by atoms with E-state index in [-0.39, 0.29) is 35.1 Å². The molecule has 0 bridgehead atoms. The second kappa shape index (κ2) is 3.82. The van der Waals surface area contributed by atoms with Crippen molar-refractivity contribution in [1.82, 2.24) is 19.6 Å². The van der Waals surface area contributed by atoms with Crippen molar-refractivity contribution in [2.24, 2.45) is 0 Å². The molecule has 0 aliphatic rings. The summed E-state index contributed by atoms with van der Waals surface area (Å²) in [5.74, 6) is -0.917. The minimum absolute atomic E-state index is 0. The van der Waals surface area contributed by atoms with E-state index in [0.29, 0.717) is 5.78 Å². The fourth-order valence-electron chi connectivity index (χ4n) is 0.825. The second-order valence-electron chi connectivity index (χ2n) is 2.13. The Morgan fingerprint density at radius 1 is 1.46 bits per heavy atom. The fraction of sp³-hybridized carbons (Fsp3) is 0. The summed E-state index contributed by atoms with van der Waals surface area (Å²) < 4.78 is 1.27. The zero-order chi connectivity index (χ0) is 8.55. The van der Waals surface area contributed by atoms with Gasteiger partial charge in [-0.3, -0.25) is 0 Å². The van der Waals surface area contributed by atoms with Gasteiger partial charge < -0.3 is 9.90 Å². The molecule has 0 amide bonds. The van der Waals surface area contributed by atoms with Crippen molar-refractivity contribution in [2.75, 3.05) is 0 Å². The van der Waals surface area contributed by atoms with E-state index in [2.05, 4.69) is 15.1 Å². The Bertz CT molecular complexity index is 441. The molecule has 0 aliphatic carbocycles. The van der Waals surface area contributed by atoms with Crippen LogP contribution in [0.5, 0.6) is 0 Å². The third-order valence-electron chi connectivity index (χ3n) is 1.37. The number of carboxylic acids is 1. The number of rotatable bonds is 1. The van der Waals surface area contributed by atoms with Gasteiger partial charge in [-0.05, 0) is 0 Å².